The molecule has 2 aromatic carbocycles. The number of anilines is 1. The molecule has 1 atom stereocenters. The van der Waals surface area contributed by atoms with Crippen LogP contribution in [0.4, 0.5) is 23.2 Å². The van der Waals surface area contributed by atoms with Gasteiger partial charge in [-0.3, -0.25) is 4.79 Å². The number of aryl methyl sites for hydroxylation is 1. The van der Waals surface area contributed by atoms with E-state index in [2.05, 4.69) is 17.3 Å². The molecule has 34 heavy (non-hydrogen) atoms. The molecule has 0 aromatic heterocycles. The molecule has 10 heteroatoms. The smallest absolute Gasteiger partial charge is 0.255 e. The van der Waals surface area contributed by atoms with E-state index in [1.807, 2.05) is 20.5 Å². The van der Waals surface area contributed by atoms with E-state index in [1.54, 1.807) is 0 Å². The number of amides is 1. The number of hydrogen-bond donors (Lipinski definition) is 2. The van der Waals surface area contributed by atoms with Crippen LogP contribution in [0.3, 0.4) is 0 Å². The highest BCUT2D eigenvalue weighted by molar-refractivity contribution is 6.04. The Morgan fingerprint density at radius 2 is 1.56 bits per heavy atom. The molecule has 1 aliphatic heterocycles. The molecule has 0 spiro atoms. The summed E-state index contributed by atoms with van der Waals surface area (Å²) in [5.41, 5.74) is -0.290. The molecule has 2 N–H and O–H groups in total. The van der Waals surface area contributed by atoms with Gasteiger partial charge in [-0.1, -0.05) is 0 Å². The van der Waals surface area contributed by atoms with Crippen LogP contribution in [-0.4, -0.2) is 55.2 Å². The minimum atomic E-state index is -1.61. The van der Waals surface area contributed by atoms with E-state index in [9.17, 15) is 27.5 Å². The van der Waals surface area contributed by atoms with Gasteiger partial charge in [-0.2, -0.15) is 0 Å². The van der Waals surface area contributed by atoms with Crippen LogP contribution in [0, 0.1) is 30.2 Å². The molecule has 0 saturated carbocycles. The van der Waals surface area contributed by atoms with Gasteiger partial charge in [0.15, 0.2) is 17.5 Å². The third-order valence-corrected chi connectivity index (χ3v) is 4.78. The first-order chi connectivity index (χ1) is 16.0. The van der Waals surface area contributed by atoms with Gasteiger partial charge >= 0.3 is 0 Å². The van der Waals surface area contributed by atoms with Gasteiger partial charge in [0.05, 0.1) is 5.60 Å². The maximum atomic E-state index is 13.1. The number of β-amino-alcohol motifs (C(OH)–C–C–N with tert-alkyl or cyclic N) is 1. The van der Waals surface area contributed by atoms with Crippen LogP contribution in [0.5, 0.6) is 0 Å². The summed E-state index contributed by atoms with van der Waals surface area (Å²) in [6.45, 7) is 9.36. The normalized spacial score (nSPS) is 17.4. The Morgan fingerprint density at radius 3 is 2.09 bits per heavy atom. The van der Waals surface area contributed by atoms with E-state index in [1.165, 1.54) is 25.5 Å². The molecule has 1 fully saturated rings. The SMILES string of the molecule is C=O.C=O.CN1CCCCC(C)(O)C1.Cc1cc(C(=O)Nc2cc(F)c(F)c(F)c2)ccc1F. The Kier molecular flexibility index (Phi) is 13.6. The molecule has 1 amide bonds. The first-order valence-electron chi connectivity index (χ1n) is 10.2. The highest BCUT2D eigenvalue weighted by Crippen LogP contribution is 2.19. The van der Waals surface area contributed by atoms with Gasteiger partial charge < -0.3 is 24.9 Å². The number of likely N-dealkylation sites (tertiary alicyclic amines) is 1. The van der Waals surface area contributed by atoms with Crippen molar-refractivity contribution in [3.05, 3.63) is 64.7 Å². The summed E-state index contributed by atoms with van der Waals surface area (Å²) >= 11 is 0. The maximum absolute atomic E-state index is 13.1. The molecule has 6 nitrogen and oxygen atoms in total. The number of nitrogens with zero attached hydrogens (tertiary/aromatic N) is 1. The number of nitrogens with one attached hydrogen (secondary N) is 1. The third kappa shape index (κ3) is 10.2. The molecule has 0 bridgehead atoms. The predicted octanol–water partition coefficient (Wildman–Crippen LogP) is 4.29. The first-order valence-corrected chi connectivity index (χ1v) is 10.2. The number of carbonyl (C=O) groups excluding carboxylic acids is 3. The highest BCUT2D eigenvalue weighted by atomic mass is 19.2. The van der Waals surface area contributed by atoms with Gasteiger partial charge in [0, 0.05) is 29.9 Å². The standard InChI is InChI=1S/C14H9F4NO.C8H17NO.2CH2O/c1-7-4-8(2-3-10(7)15)14(20)19-9-5-11(16)13(18)12(17)6-9;1-8(10)5-3-4-6-9(2)7-8;2*1-2/h2-6H,1H3,(H,19,20);10H,3-7H2,1-2H3;2*1H2. The van der Waals surface area contributed by atoms with Gasteiger partial charge in [0.25, 0.3) is 5.91 Å². The van der Waals surface area contributed by atoms with E-state index in [0.29, 0.717) is 12.1 Å². The lowest BCUT2D eigenvalue weighted by Crippen LogP contribution is -2.36. The molecule has 0 radical (unpaired) electrons. The zero-order chi connectivity index (χ0) is 26.5. The lowest BCUT2D eigenvalue weighted by molar-refractivity contribution is -0.0987. The zero-order valence-corrected chi connectivity index (χ0v) is 19.5. The van der Waals surface area contributed by atoms with E-state index < -0.39 is 34.8 Å². The molecule has 1 heterocycles. The third-order valence-electron chi connectivity index (χ3n) is 4.78. The second kappa shape index (κ2) is 14.9. The van der Waals surface area contributed by atoms with Crippen molar-refractivity contribution in [2.24, 2.45) is 0 Å². The van der Waals surface area contributed by atoms with E-state index in [0.717, 1.165) is 32.0 Å². The van der Waals surface area contributed by atoms with Gasteiger partial charge in [-0.15, -0.1) is 0 Å². The zero-order valence-electron chi connectivity index (χ0n) is 19.5. The van der Waals surface area contributed by atoms with Crippen molar-refractivity contribution in [2.45, 2.75) is 38.7 Å². The fourth-order valence-corrected chi connectivity index (χ4v) is 3.24. The van der Waals surface area contributed by atoms with Gasteiger partial charge in [-0.05, 0) is 70.5 Å². The van der Waals surface area contributed by atoms with Crippen molar-refractivity contribution in [2.75, 3.05) is 25.5 Å². The Labute approximate surface area is 196 Å². The fourth-order valence-electron chi connectivity index (χ4n) is 3.24. The van der Waals surface area contributed by atoms with Crippen LogP contribution in [0.1, 0.15) is 42.1 Å². The Bertz CT molecular complexity index is 916. The summed E-state index contributed by atoms with van der Waals surface area (Å²) in [7, 11) is 2.07. The average molecular weight is 487 g/mol. The highest BCUT2D eigenvalue weighted by Gasteiger charge is 2.24. The van der Waals surface area contributed by atoms with Crippen LogP contribution in [0.15, 0.2) is 30.3 Å². The number of carbonyl (C=O) groups is 3. The molecular formula is C24H30F4N2O4. The van der Waals surface area contributed by atoms with Crippen molar-refractivity contribution >= 4 is 25.2 Å². The second-order valence-electron chi connectivity index (χ2n) is 7.86. The number of likely N-dealkylation sites (N-methyl/N-ethyl adjacent to an activating group) is 1. The second-order valence-corrected chi connectivity index (χ2v) is 7.86. The fraction of sp³-hybridized carbons (Fsp3) is 0.375. The van der Waals surface area contributed by atoms with Crippen molar-refractivity contribution in [3.8, 4) is 0 Å². The van der Waals surface area contributed by atoms with Crippen molar-refractivity contribution < 1.29 is 37.1 Å². The summed E-state index contributed by atoms with van der Waals surface area (Å²) < 4.78 is 51.8. The summed E-state index contributed by atoms with van der Waals surface area (Å²) in [6.07, 6.45) is 3.35. The van der Waals surface area contributed by atoms with Crippen LogP contribution >= 0.6 is 0 Å². The first kappa shape index (κ1) is 30.9. The number of hydrogen-bond acceptors (Lipinski definition) is 5. The predicted molar refractivity (Wildman–Crippen MR) is 122 cm³/mol. The van der Waals surface area contributed by atoms with Crippen molar-refractivity contribution in [1.29, 1.82) is 0 Å². The summed E-state index contributed by atoms with van der Waals surface area (Å²) in [6, 6.07) is 4.95. The summed E-state index contributed by atoms with van der Waals surface area (Å²) in [4.78, 5) is 30.0. The minimum absolute atomic E-state index is 0.119. The van der Waals surface area contributed by atoms with Crippen molar-refractivity contribution in [1.82, 2.24) is 4.90 Å². The van der Waals surface area contributed by atoms with Crippen LogP contribution in [0.25, 0.3) is 0 Å². The van der Waals surface area contributed by atoms with Crippen molar-refractivity contribution in [3.63, 3.8) is 0 Å². The van der Waals surface area contributed by atoms with E-state index in [-0.39, 0.29) is 16.8 Å². The summed E-state index contributed by atoms with van der Waals surface area (Å²) in [5, 5.41) is 11.9. The molecule has 188 valence electrons. The molecule has 0 aliphatic carbocycles. The number of halogens is 4. The van der Waals surface area contributed by atoms with Crippen LogP contribution in [0.2, 0.25) is 0 Å². The Morgan fingerprint density at radius 1 is 1.00 bits per heavy atom. The molecule has 2 aromatic rings. The lowest BCUT2D eigenvalue weighted by atomic mass is 10.0. The topological polar surface area (TPSA) is 86.7 Å². The van der Waals surface area contributed by atoms with E-state index in [4.69, 9.17) is 9.59 Å². The van der Waals surface area contributed by atoms with E-state index >= 15 is 0 Å². The van der Waals surface area contributed by atoms with Gasteiger partial charge in [0.1, 0.15) is 19.4 Å². The molecule has 1 unspecified atom stereocenters. The molecule has 1 aliphatic rings. The Balaban J connectivity index is 0.000000653. The average Bonchev–Trinajstić information content (AvgIpc) is 2.95. The minimum Gasteiger partial charge on any atom is -0.389 e. The lowest BCUT2D eigenvalue weighted by Gasteiger charge is -2.24. The quantitative estimate of drug-likeness (QED) is 0.489. The van der Waals surface area contributed by atoms with Gasteiger partial charge in [-0.25, -0.2) is 17.6 Å². The van der Waals surface area contributed by atoms with Gasteiger partial charge in [0.2, 0.25) is 0 Å². The number of benzene rings is 2. The number of rotatable bonds is 2. The molecule has 3 rings (SSSR count). The molecular weight excluding hydrogens is 456 g/mol. The Hall–Kier alpha value is -3.11. The maximum Gasteiger partial charge on any atom is 0.255 e. The monoisotopic (exact) mass is 486 g/mol. The largest absolute Gasteiger partial charge is 0.389 e. The molecule has 1 saturated heterocycles. The van der Waals surface area contributed by atoms with Crippen LogP contribution < -0.4 is 5.32 Å². The van der Waals surface area contributed by atoms with Crippen LogP contribution in [-0.2, 0) is 9.59 Å². The summed E-state index contributed by atoms with van der Waals surface area (Å²) in [5.74, 6) is -5.58. The number of aliphatic hydroxyl groups is 1.